The summed E-state index contributed by atoms with van der Waals surface area (Å²) < 4.78 is 46.4. The molecule has 1 aliphatic heterocycles. The molecule has 36 heavy (non-hydrogen) atoms. The fourth-order valence-electron chi connectivity index (χ4n) is 4.01. The van der Waals surface area contributed by atoms with Gasteiger partial charge in [0.25, 0.3) is 5.91 Å². The molecule has 1 aromatic heterocycles. The number of halogens is 4. The van der Waals surface area contributed by atoms with Gasteiger partial charge in [-0.05, 0) is 50.1 Å². The standard InChI is InChI=1S/C25H24ClF3N4O3.H2/c1-2-36-24(35)32-13-11-18(12-14-32)30-23(34)17-9-7-16(8-10-17)21-15-22(25(27,28)29)31-33(21)20-6-4-3-5-19(20)26;/h3-10,15,18H,2,11-14H2,1H3,(H,30,34);1H. The van der Waals surface area contributed by atoms with E-state index in [0.717, 1.165) is 10.7 Å². The first-order valence-electron chi connectivity index (χ1n) is 11.4. The molecule has 0 saturated carbocycles. The average Bonchev–Trinajstić information content (AvgIpc) is 3.31. The number of nitrogens with zero attached hydrogens (tertiary/aromatic N) is 3. The number of hydrogen-bond acceptors (Lipinski definition) is 4. The van der Waals surface area contributed by atoms with Gasteiger partial charge in [0.2, 0.25) is 0 Å². The number of nitrogens with one attached hydrogen (secondary N) is 1. The highest BCUT2D eigenvalue weighted by atomic mass is 35.5. The minimum atomic E-state index is -4.63. The Morgan fingerprint density at radius 3 is 2.42 bits per heavy atom. The number of hydrogen-bond donors (Lipinski definition) is 1. The van der Waals surface area contributed by atoms with E-state index < -0.39 is 11.9 Å². The summed E-state index contributed by atoms with van der Waals surface area (Å²) >= 11 is 6.22. The van der Waals surface area contributed by atoms with Crippen LogP contribution in [0.2, 0.25) is 5.02 Å². The summed E-state index contributed by atoms with van der Waals surface area (Å²) in [4.78, 5) is 26.2. The van der Waals surface area contributed by atoms with Gasteiger partial charge in [0.1, 0.15) is 0 Å². The monoisotopic (exact) mass is 522 g/mol. The number of para-hydroxylation sites is 1. The molecule has 2 amide bonds. The molecule has 2 heterocycles. The summed E-state index contributed by atoms with van der Waals surface area (Å²) in [5.74, 6) is -0.299. The van der Waals surface area contributed by atoms with Gasteiger partial charge in [-0.3, -0.25) is 4.79 Å². The Balaban J connectivity index is 0.00000380. The van der Waals surface area contributed by atoms with Gasteiger partial charge in [-0.15, -0.1) is 0 Å². The highest BCUT2D eigenvalue weighted by Crippen LogP contribution is 2.34. The van der Waals surface area contributed by atoms with E-state index >= 15 is 0 Å². The van der Waals surface area contributed by atoms with Gasteiger partial charge >= 0.3 is 12.3 Å². The van der Waals surface area contributed by atoms with Crippen molar-refractivity contribution in [3.05, 3.63) is 70.9 Å². The van der Waals surface area contributed by atoms with Crippen molar-refractivity contribution in [1.29, 1.82) is 0 Å². The van der Waals surface area contributed by atoms with E-state index in [1.54, 1.807) is 60.4 Å². The number of carbonyl (C=O) groups is 2. The molecule has 7 nitrogen and oxygen atoms in total. The molecule has 11 heteroatoms. The Bertz CT molecular complexity index is 1240. The second-order valence-electron chi connectivity index (χ2n) is 8.29. The third-order valence-electron chi connectivity index (χ3n) is 5.88. The lowest BCUT2D eigenvalue weighted by atomic mass is 10.0. The summed E-state index contributed by atoms with van der Waals surface area (Å²) in [5, 5.41) is 6.95. The molecule has 0 radical (unpaired) electrons. The van der Waals surface area contributed by atoms with Crippen molar-refractivity contribution in [3.8, 4) is 16.9 Å². The van der Waals surface area contributed by atoms with Gasteiger partial charge < -0.3 is 15.0 Å². The zero-order chi connectivity index (χ0) is 25.9. The molecule has 0 aliphatic carbocycles. The molecule has 0 spiro atoms. The number of piperidine rings is 1. The predicted molar refractivity (Wildman–Crippen MR) is 130 cm³/mol. The number of alkyl halides is 3. The molecular weight excluding hydrogens is 497 g/mol. The summed E-state index contributed by atoms with van der Waals surface area (Å²) in [6.07, 6.45) is -3.80. The van der Waals surface area contributed by atoms with Crippen molar-refractivity contribution in [1.82, 2.24) is 20.0 Å². The Labute approximate surface area is 212 Å². The molecule has 1 saturated heterocycles. The summed E-state index contributed by atoms with van der Waals surface area (Å²) in [7, 11) is 0. The van der Waals surface area contributed by atoms with Crippen LogP contribution in [0.3, 0.4) is 0 Å². The van der Waals surface area contributed by atoms with E-state index in [2.05, 4.69) is 10.4 Å². The molecule has 2 aromatic carbocycles. The molecule has 1 aliphatic rings. The highest BCUT2D eigenvalue weighted by molar-refractivity contribution is 6.32. The zero-order valence-corrected chi connectivity index (χ0v) is 20.1. The van der Waals surface area contributed by atoms with Gasteiger partial charge in [-0.1, -0.05) is 35.9 Å². The molecular formula is C25H26ClF3N4O3. The summed E-state index contributed by atoms with van der Waals surface area (Å²) in [5.41, 5.74) is 0.256. The maximum absolute atomic E-state index is 13.4. The summed E-state index contributed by atoms with van der Waals surface area (Å²) in [6, 6.07) is 13.6. The average molecular weight is 523 g/mol. The van der Waals surface area contributed by atoms with Gasteiger partial charge in [-0.2, -0.15) is 18.3 Å². The van der Waals surface area contributed by atoms with Crippen LogP contribution in [0.4, 0.5) is 18.0 Å². The number of rotatable bonds is 5. The zero-order valence-electron chi connectivity index (χ0n) is 19.4. The quantitative estimate of drug-likeness (QED) is 0.459. The lowest BCUT2D eigenvalue weighted by molar-refractivity contribution is -0.141. The van der Waals surface area contributed by atoms with Crippen molar-refractivity contribution >= 4 is 23.6 Å². The van der Waals surface area contributed by atoms with E-state index in [-0.39, 0.29) is 30.2 Å². The van der Waals surface area contributed by atoms with Crippen LogP contribution < -0.4 is 5.32 Å². The van der Waals surface area contributed by atoms with E-state index in [1.807, 2.05) is 0 Å². The molecule has 1 N–H and O–H groups in total. The van der Waals surface area contributed by atoms with E-state index in [0.29, 0.717) is 49.4 Å². The molecule has 0 unspecified atom stereocenters. The van der Waals surface area contributed by atoms with E-state index in [1.165, 1.54) is 0 Å². The maximum Gasteiger partial charge on any atom is 0.435 e. The Hall–Kier alpha value is -3.53. The van der Waals surface area contributed by atoms with Crippen molar-refractivity contribution < 1.29 is 28.9 Å². The minimum Gasteiger partial charge on any atom is -0.450 e. The number of carbonyl (C=O) groups excluding carboxylic acids is 2. The lowest BCUT2D eigenvalue weighted by Gasteiger charge is -2.31. The van der Waals surface area contributed by atoms with Crippen molar-refractivity contribution in [3.63, 3.8) is 0 Å². The third kappa shape index (κ3) is 5.64. The number of benzene rings is 2. The second kappa shape index (κ2) is 10.6. The highest BCUT2D eigenvalue weighted by Gasteiger charge is 2.35. The normalized spacial score (nSPS) is 14.5. The molecule has 0 bridgehead atoms. The second-order valence-corrected chi connectivity index (χ2v) is 8.69. The van der Waals surface area contributed by atoms with Crippen LogP contribution in [0.1, 0.15) is 37.2 Å². The SMILES string of the molecule is CCOC(=O)N1CCC(NC(=O)c2ccc(-c3cc(C(F)(F)F)nn3-c3ccccc3Cl)cc2)CC1.[HH]. The Morgan fingerprint density at radius 1 is 1.14 bits per heavy atom. The minimum absolute atomic E-state index is 0. The molecule has 4 rings (SSSR count). The Morgan fingerprint density at radius 2 is 1.81 bits per heavy atom. The molecule has 3 aromatic rings. The maximum atomic E-state index is 13.4. The van der Waals surface area contributed by atoms with E-state index in [9.17, 15) is 22.8 Å². The van der Waals surface area contributed by atoms with Gasteiger partial charge in [0, 0.05) is 31.7 Å². The van der Waals surface area contributed by atoms with Gasteiger partial charge in [0.15, 0.2) is 5.69 Å². The third-order valence-corrected chi connectivity index (χ3v) is 6.20. The van der Waals surface area contributed by atoms with Crippen molar-refractivity contribution in [2.45, 2.75) is 32.0 Å². The van der Waals surface area contributed by atoms with Crippen LogP contribution in [-0.4, -0.2) is 52.4 Å². The Kier molecular flexibility index (Phi) is 7.53. The fourth-order valence-corrected chi connectivity index (χ4v) is 4.23. The first-order chi connectivity index (χ1) is 17.2. The molecule has 0 atom stereocenters. The predicted octanol–water partition coefficient (Wildman–Crippen LogP) is 5.81. The topological polar surface area (TPSA) is 76.5 Å². The number of amides is 2. The largest absolute Gasteiger partial charge is 0.450 e. The number of aromatic nitrogens is 2. The van der Waals surface area contributed by atoms with Crippen LogP contribution in [0.15, 0.2) is 54.6 Å². The smallest absolute Gasteiger partial charge is 0.435 e. The van der Waals surface area contributed by atoms with Crippen LogP contribution in [0.5, 0.6) is 0 Å². The number of likely N-dealkylation sites (tertiary alicyclic amines) is 1. The first-order valence-corrected chi connectivity index (χ1v) is 11.8. The first kappa shape index (κ1) is 25.6. The molecule has 1 fully saturated rings. The van der Waals surface area contributed by atoms with Crippen LogP contribution in [0.25, 0.3) is 16.9 Å². The number of ether oxygens (including phenoxy) is 1. The summed E-state index contributed by atoms with van der Waals surface area (Å²) in [6.45, 7) is 3.02. The van der Waals surface area contributed by atoms with Crippen molar-refractivity contribution in [2.75, 3.05) is 19.7 Å². The molecule has 192 valence electrons. The fraction of sp³-hybridized carbons (Fsp3) is 0.320. The van der Waals surface area contributed by atoms with Crippen LogP contribution >= 0.6 is 11.6 Å². The van der Waals surface area contributed by atoms with E-state index in [4.69, 9.17) is 16.3 Å². The lowest BCUT2D eigenvalue weighted by Crippen LogP contribution is -2.46. The van der Waals surface area contributed by atoms with Gasteiger partial charge in [-0.25, -0.2) is 9.48 Å². The van der Waals surface area contributed by atoms with Crippen LogP contribution in [-0.2, 0) is 10.9 Å². The van der Waals surface area contributed by atoms with Gasteiger partial charge in [0.05, 0.1) is 23.0 Å². The van der Waals surface area contributed by atoms with Crippen molar-refractivity contribution in [2.24, 2.45) is 0 Å². The van der Waals surface area contributed by atoms with Crippen LogP contribution in [0, 0.1) is 0 Å².